The van der Waals surface area contributed by atoms with Gasteiger partial charge in [-0.25, -0.2) is 4.79 Å². The summed E-state index contributed by atoms with van der Waals surface area (Å²) in [5, 5.41) is 74.8. The van der Waals surface area contributed by atoms with Crippen LogP contribution >= 0.6 is 0 Å². The van der Waals surface area contributed by atoms with Gasteiger partial charge in [-0.15, -0.1) is 0 Å². The predicted molar refractivity (Wildman–Crippen MR) is 108 cm³/mol. The number of carbonyl (C=O) groups is 3. The Bertz CT molecular complexity index is 734. The Morgan fingerprint density at radius 3 is 2.18 bits per heavy atom. The second-order valence-corrected chi connectivity index (χ2v) is 8.45. The van der Waals surface area contributed by atoms with Gasteiger partial charge in [-0.05, 0) is 6.92 Å². The highest BCUT2D eigenvalue weighted by Crippen LogP contribution is 2.34. The predicted octanol–water partition coefficient (Wildman–Crippen LogP) is -4.88. The normalized spacial score (nSPS) is 40.1. The minimum atomic E-state index is -2.61. The maximum atomic E-state index is 12.2. The third-order valence-corrected chi connectivity index (χ3v) is 5.68. The van der Waals surface area contributed by atoms with E-state index in [0.29, 0.717) is 0 Å². The minimum Gasteiger partial charge on any atom is -0.477 e. The van der Waals surface area contributed by atoms with Crippen molar-refractivity contribution in [2.45, 2.75) is 94.1 Å². The second-order valence-electron chi connectivity index (χ2n) is 8.45. The molecule has 0 bridgehead atoms. The van der Waals surface area contributed by atoms with Gasteiger partial charge in [0.15, 0.2) is 6.29 Å². The number of aliphatic carboxylic acids is 1. The molecule has 0 radical (unpaired) electrons. The number of carbonyl (C=O) groups excluding carboxylic acids is 2. The van der Waals surface area contributed by atoms with Crippen LogP contribution in [0.2, 0.25) is 0 Å². The number of nitrogens with one attached hydrogen (secondary N) is 2. The fourth-order valence-corrected chi connectivity index (χ4v) is 3.96. The van der Waals surface area contributed by atoms with Crippen LogP contribution in [0.1, 0.15) is 27.2 Å². The first-order valence-corrected chi connectivity index (χ1v) is 10.5. The summed E-state index contributed by atoms with van der Waals surface area (Å²) in [7, 11) is 0. The number of hydrogen-bond acceptors (Lipinski definition) is 12. The molecule has 15 heteroatoms. The van der Waals surface area contributed by atoms with Crippen LogP contribution in [-0.2, 0) is 28.6 Å². The van der Waals surface area contributed by atoms with Gasteiger partial charge in [0.1, 0.15) is 30.5 Å². The quantitative estimate of drug-likeness (QED) is 0.153. The number of aliphatic hydroxyl groups is 6. The SMILES string of the molecule is CC(=O)NC1C(O)C[C@@](OCC2OC(O)C(O)C(O)C2O)(C(=O)O)OC1[C@@H](NC(C)=O)[C@H](C)O. The lowest BCUT2D eigenvalue weighted by molar-refractivity contribution is -0.329. The van der Waals surface area contributed by atoms with Crippen molar-refractivity contribution in [3.63, 3.8) is 0 Å². The minimum absolute atomic E-state index is 0.603. The molecule has 0 aromatic rings. The lowest BCUT2D eigenvalue weighted by Gasteiger charge is -2.48. The van der Waals surface area contributed by atoms with Gasteiger partial charge in [0.05, 0.1) is 30.9 Å². The molecule has 2 heterocycles. The van der Waals surface area contributed by atoms with Gasteiger partial charge < -0.3 is 60.6 Å². The summed E-state index contributed by atoms with van der Waals surface area (Å²) in [5.41, 5.74) is 0. The van der Waals surface area contributed by atoms with Gasteiger partial charge in [0.2, 0.25) is 11.8 Å². The molecule has 2 rings (SSSR count). The molecule has 2 amide bonds. The van der Waals surface area contributed by atoms with E-state index in [9.17, 15) is 50.1 Å². The largest absolute Gasteiger partial charge is 0.477 e. The molecular formula is C19H32N2O13. The van der Waals surface area contributed by atoms with Crippen LogP contribution < -0.4 is 10.6 Å². The lowest BCUT2D eigenvalue weighted by Crippen LogP contribution is -2.70. The molecule has 0 saturated carbocycles. The molecule has 9 N–H and O–H groups in total. The van der Waals surface area contributed by atoms with Crippen LogP contribution in [0.5, 0.6) is 0 Å². The molecule has 0 spiro atoms. The van der Waals surface area contributed by atoms with E-state index in [0.717, 1.165) is 13.8 Å². The molecular weight excluding hydrogens is 464 g/mol. The Balaban J connectivity index is 2.35. The van der Waals surface area contributed by atoms with Gasteiger partial charge in [-0.2, -0.15) is 0 Å². The smallest absolute Gasteiger partial charge is 0.364 e. The standard InChI is InChI=1S/C19H32N2O13/c1-6(22)11(20-7(2)23)16-12(21-8(3)24)9(25)4-19(34-16,18(30)31)32-5-10-13(26)14(27)15(28)17(29)33-10/h6,9-17,22,25-29H,4-5H2,1-3H3,(H,20,23)(H,21,24)(H,30,31)/t6-,9?,10?,11-,12?,13?,14?,15?,16?,17?,19-/m0/s1. The van der Waals surface area contributed by atoms with E-state index < -0.39 is 97.7 Å². The number of amides is 2. The van der Waals surface area contributed by atoms with Gasteiger partial charge in [0.25, 0.3) is 5.79 Å². The van der Waals surface area contributed by atoms with Gasteiger partial charge >= 0.3 is 5.97 Å². The van der Waals surface area contributed by atoms with E-state index in [2.05, 4.69) is 10.6 Å². The molecule has 0 aromatic carbocycles. The monoisotopic (exact) mass is 496 g/mol. The van der Waals surface area contributed by atoms with E-state index in [1.165, 1.54) is 6.92 Å². The number of rotatable bonds is 8. The topological polar surface area (TPSA) is 245 Å². The van der Waals surface area contributed by atoms with Crippen molar-refractivity contribution in [1.29, 1.82) is 0 Å². The Kier molecular flexibility index (Phi) is 9.31. The Morgan fingerprint density at radius 1 is 1.06 bits per heavy atom. The molecule has 0 aliphatic carbocycles. The summed E-state index contributed by atoms with van der Waals surface area (Å²) in [4.78, 5) is 35.6. The molecule has 2 aliphatic heterocycles. The zero-order chi connectivity index (χ0) is 26.0. The van der Waals surface area contributed by atoms with Crippen LogP contribution in [0.4, 0.5) is 0 Å². The first kappa shape index (κ1) is 28.3. The highest BCUT2D eigenvalue weighted by Gasteiger charge is 2.56. The fourth-order valence-electron chi connectivity index (χ4n) is 3.96. The maximum absolute atomic E-state index is 12.2. The zero-order valence-electron chi connectivity index (χ0n) is 18.8. The summed E-state index contributed by atoms with van der Waals surface area (Å²) < 4.78 is 16.0. The summed E-state index contributed by atoms with van der Waals surface area (Å²) in [6.45, 7) is 2.77. The highest BCUT2D eigenvalue weighted by molar-refractivity contribution is 5.77. The van der Waals surface area contributed by atoms with E-state index >= 15 is 0 Å². The molecule has 196 valence electrons. The molecule has 2 saturated heterocycles. The molecule has 15 nitrogen and oxygen atoms in total. The Morgan fingerprint density at radius 2 is 1.68 bits per heavy atom. The molecule has 2 fully saturated rings. The van der Waals surface area contributed by atoms with E-state index in [1.54, 1.807) is 0 Å². The van der Waals surface area contributed by atoms with Crippen molar-refractivity contribution in [1.82, 2.24) is 10.6 Å². The van der Waals surface area contributed by atoms with Crippen molar-refractivity contribution in [2.24, 2.45) is 0 Å². The van der Waals surface area contributed by atoms with Crippen molar-refractivity contribution < 1.29 is 64.3 Å². The summed E-state index contributed by atoms with van der Waals surface area (Å²) in [6, 6.07) is -2.54. The summed E-state index contributed by atoms with van der Waals surface area (Å²) in [5.74, 6) is -5.55. The van der Waals surface area contributed by atoms with Crippen molar-refractivity contribution in [3.05, 3.63) is 0 Å². The number of carboxylic acids is 1. The van der Waals surface area contributed by atoms with E-state index in [4.69, 9.17) is 14.2 Å². The van der Waals surface area contributed by atoms with Gasteiger partial charge in [0, 0.05) is 20.3 Å². The Labute approximate surface area is 194 Å². The van der Waals surface area contributed by atoms with Crippen LogP contribution in [-0.4, -0.2) is 127 Å². The number of hydrogen-bond donors (Lipinski definition) is 9. The highest BCUT2D eigenvalue weighted by atomic mass is 16.7. The first-order chi connectivity index (χ1) is 15.7. The average Bonchev–Trinajstić information content (AvgIpc) is 2.73. The van der Waals surface area contributed by atoms with E-state index in [1.807, 2.05) is 0 Å². The third kappa shape index (κ3) is 6.18. The van der Waals surface area contributed by atoms with Crippen LogP contribution in [0.15, 0.2) is 0 Å². The third-order valence-electron chi connectivity index (χ3n) is 5.68. The lowest BCUT2D eigenvalue weighted by atomic mass is 9.87. The van der Waals surface area contributed by atoms with Crippen molar-refractivity contribution in [3.8, 4) is 0 Å². The summed E-state index contributed by atoms with van der Waals surface area (Å²) in [6.07, 6.45) is -14.0. The summed E-state index contributed by atoms with van der Waals surface area (Å²) >= 11 is 0. The second kappa shape index (κ2) is 11.2. The van der Waals surface area contributed by atoms with Crippen LogP contribution in [0, 0.1) is 0 Å². The molecule has 11 atom stereocenters. The maximum Gasteiger partial charge on any atom is 0.364 e. The fraction of sp³-hybridized carbons (Fsp3) is 0.842. The zero-order valence-corrected chi connectivity index (χ0v) is 18.8. The number of aliphatic hydroxyl groups excluding tert-OH is 6. The number of carboxylic acid groups (broad SMARTS) is 1. The average molecular weight is 496 g/mol. The number of ether oxygens (including phenoxy) is 3. The van der Waals surface area contributed by atoms with Crippen LogP contribution in [0.3, 0.4) is 0 Å². The van der Waals surface area contributed by atoms with Crippen molar-refractivity contribution in [2.75, 3.05) is 6.61 Å². The Hall–Kier alpha value is -1.95. The van der Waals surface area contributed by atoms with E-state index in [-0.39, 0.29) is 0 Å². The van der Waals surface area contributed by atoms with Gasteiger partial charge in [-0.1, -0.05) is 0 Å². The first-order valence-electron chi connectivity index (χ1n) is 10.5. The molecule has 2 aliphatic rings. The molecule has 8 unspecified atom stereocenters. The van der Waals surface area contributed by atoms with Crippen LogP contribution in [0.25, 0.3) is 0 Å². The molecule has 34 heavy (non-hydrogen) atoms. The van der Waals surface area contributed by atoms with Gasteiger partial charge in [-0.3, -0.25) is 9.59 Å². The molecule has 0 aromatic heterocycles. The van der Waals surface area contributed by atoms with Crippen molar-refractivity contribution >= 4 is 17.8 Å².